The molecular weight excluding hydrogens is 230 g/mol. The quantitative estimate of drug-likeness (QED) is 0.429. The van der Waals surface area contributed by atoms with Crippen molar-refractivity contribution in [3.05, 3.63) is 5.21 Å². The highest BCUT2D eigenvalue weighted by atomic mass is 28.4. The van der Waals surface area contributed by atoms with Crippen LogP contribution in [0.2, 0.25) is 16.6 Å². The molecule has 0 aromatic heterocycles. The van der Waals surface area contributed by atoms with Gasteiger partial charge < -0.3 is 9.63 Å². The Morgan fingerprint density at radius 3 is 1.88 bits per heavy atom. The number of hydrogen-bond donors (Lipinski definition) is 0. The Morgan fingerprint density at radius 2 is 1.59 bits per heavy atom. The first kappa shape index (κ1) is 14.7. The van der Waals surface area contributed by atoms with Gasteiger partial charge in [-0.05, 0) is 16.6 Å². The van der Waals surface area contributed by atoms with E-state index in [0.29, 0.717) is 23.2 Å². The zero-order valence-electron chi connectivity index (χ0n) is 12.1. The van der Waals surface area contributed by atoms with Crippen LogP contribution in [-0.4, -0.2) is 31.9 Å². The monoisotopic (exact) mass is 257 g/mol. The summed E-state index contributed by atoms with van der Waals surface area (Å²) in [4.78, 5) is 0. The molecular formula is C13H27NO2Si. The predicted molar refractivity (Wildman–Crippen MR) is 75.1 cm³/mol. The molecule has 1 aliphatic rings. The van der Waals surface area contributed by atoms with Gasteiger partial charge >= 0.3 is 0 Å². The van der Waals surface area contributed by atoms with Crippen LogP contribution in [0.1, 0.15) is 48.0 Å². The molecule has 0 aromatic rings. The molecule has 100 valence electrons. The largest absolute Gasteiger partial charge is 0.624 e. The standard InChI is InChI=1S/C13H27NO2Si/c1-10(2)17(11(3)4,12(5)6)16-13-7-8-14(15)9-13/h9-13H,7-8H2,1-6H3/t13-/m1/s1. The molecule has 0 fully saturated rings. The fourth-order valence-electron chi connectivity index (χ4n) is 3.35. The van der Waals surface area contributed by atoms with Crippen molar-refractivity contribution in [1.29, 1.82) is 0 Å². The molecule has 0 aromatic carbocycles. The van der Waals surface area contributed by atoms with Crippen LogP contribution in [-0.2, 0) is 4.43 Å². The van der Waals surface area contributed by atoms with E-state index in [0.717, 1.165) is 11.2 Å². The van der Waals surface area contributed by atoms with Crippen molar-refractivity contribution in [2.24, 2.45) is 0 Å². The Balaban J connectivity index is 2.90. The zero-order chi connectivity index (χ0) is 13.2. The smallest absolute Gasteiger partial charge is 0.201 e. The summed E-state index contributed by atoms with van der Waals surface area (Å²) in [5.41, 5.74) is 1.74. The summed E-state index contributed by atoms with van der Waals surface area (Å²) in [6, 6.07) is 0. The van der Waals surface area contributed by atoms with Crippen LogP contribution in [0, 0.1) is 5.21 Å². The zero-order valence-corrected chi connectivity index (χ0v) is 13.1. The number of hydroxylamine groups is 1. The van der Waals surface area contributed by atoms with Crippen molar-refractivity contribution in [2.75, 3.05) is 6.54 Å². The molecule has 3 nitrogen and oxygen atoms in total. The first-order valence-corrected chi connectivity index (χ1v) is 8.91. The highest BCUT2D eigenvalue weighted by molar-refractivity contribution is 6.77. The molecule has 0 radical (unpaired) electrons. The van der Waals surface area contributed by atoms with E-state index in [-0.39, 0.29) is 6.10 Å². The minimum Gasteiger partial charge on any atom is -0.624 e. The lowest BCUT2D eigenvalue weighted by Crippen LogP contribution is -2.50. The van der Waals surface area contributed by atoms with Crippen LogP contribution in [0.4, 0.5) is 0 Å². The van der Waals surface area contributed by atoms with Crippen LogP contribution in [0.25, 0.3) is 0 Å². The Hall–Kier alpha value is -0.353. The average molecular weight is 257 g/mol. The van der Waals surface area contributed by atoms with Gasteiger partial charge in [-0.1, -0.05) is 41.5 Å². The molecule has 0 aliphatic carbocycles. The summed E-state index contributed by atoms with van der Waals surface area (Å²) >= 11 is 0. The third-order valence-electron chi connectivity index (χ3n) is 4.03. The maximum Gasteiger partial charge on any atom is 0.201 e. The van der Waals surface area contributed by atoms with Crippen molar-refractivity contribution in [3.8, 4) is 0 Å². The molecule has 0 N–H and O–H groups in total. The van der Waals surface area contributed by atoms with E-state index in [9.17, 15) is 5.21 Å². The van der Waals surface area contributed by atoms with Crippen LogP contribution in [0.15, 0.2) is 0 Å². The van der Waals surface area contributed by atoms with E-state index < -0.39 is 8.32 Å². The first-order chi connectivity index (χ1) is 7.80. The SMILES string of the molecule is CC(C)[Si](O[C@H]1C=[N+]([O-])CC1)(C(C)C)C(C)C. The van der Waals surface area contributed by atoms with Gasteiger partial charge in [-0.3, -0.25) is 0 Å². The number of rotatable bonds is 5. The van der Waals surface area contributed by atoms with Crippen LogP contribution in [0.5, 0.6) is 0 Å². The second kappa shape index (κ2) is 5.53. The molecule has 4 heteroatoms. The molecule has 0 amide bonds. The molecule has 17 heavy (non-hydrogen) atoms. The third kappa shape index (κ3) is 2.91. The summed E-state index contributed by atoms with van der Waals surface area (Å²) in [5.74, 6) is 0. The maximum atomic E-state index is 11.2. The normalized spacial score (nSPS) is 21.7. The van der Waals surface area contributed by atoms with E-state index in [1.807, 2.05) is 0 Å². The first-order valence-electron chi connectivity index (χ1n) is 6.77. The Bertz CT molecular complexity index is 265. The summed E-state index contributed by atoms with van der Waals surface area (Å²) < 4.78 is 7.51. The molecule has 1 heterocycles. The topological polar surface area (TPSA) is 35.3 Å². The fourth-order valence-corrected chi connectivity index (χ4v) is 8.87. The summed E-state index contributed by atoms with van der Waals surface area (Å²) in [7, 11) is -1.82. The molecule has 0 unspecified atom stereocenters. The molecule has 1 atom stereocenters. The highest BCUT2D eigenvalue weighted by Crippen LogP contribution is 2.43. The third-order valence-corrected chi connectivity index (χ3v) is 10.2. The molecule has 1 aliphatic heterocycles. The summed E-state index contributed by atoms with van der Waals surface area (Å²) in [6.07, 6.45) is 2.62. The van der Waals surface area contributed by atoms with Crippen molar-refractivity contribution in [1.82, 2.24) is 0 Å². The molecule has 0 saturated heterocycles. The summed E-state index contributed by atoms with van der Waals surface area (Å²) in [5, 5.41) is 11.2. The van der Waals surface area contributed by atoms with Gasteiger partial charge in [0.2, 0.25) is 8.32 Å². The van der Waals surface area contributed by atoms with Gasteiger partial charge in [-0.25, -0.2) is 4.74 Å². The maximum absolute atomic E-state index is 11.2. The van der Waals surface area contributed by atoms with Crippen LogP contribution in [0.3, 0.4) is 0 Å². The minimum atomic E-state index is -1.82. The molecule has 1 rings (SSSR count). The van der Waals surface area contributed by atoms with Crippen molar-refractivity contribution >= 4 is 14.5 Å². The molecule has 0 saturated carbocycles. The lowest BCUT2D eigenvalue weighted by molar-refractivity contribution is -0.443. The Kier molecular flexibility index (Phi) is 4.78. The fraction of sp³-hybridized carbons (Fsp3) is 0.923. The van der Waals surface area contributed by atoms with Crippen molar-refractivity contribution < 1.29 is 9.16 Å². The van der Waals surface area contributed by atoms with Gasteiger partial charge in [0.25, 0.3) is 0 Å². The molecule has 0 spiro atoms. The Labute approximate surface area is 107 Å². The summed E-state index contributed by atoms with van der Waals surface area (Å²) in [6.45, 7) is 14.2. The van der Waals surface area contributed by atoms with Crippen LogP contribution < -0.4 is 0 Å². The van der Waals surface area contributed by atoms with Gasteiger partial charge in [0.15, 0.2) is 12.8 Å². The lowest BCUT2D eigenvalue weighted by atomic mass is 10.3. The van der Waals surface area contributed by atoms with E-state index >= 15 is 0 Å². The van der Waals surface area contributed by atoms with Gasteiger partial charge in [-0.15, -0.1) is 0 Å². The lowest BCUT2D eigenvalue weighted by Gasteiger charge is -2.43. The number of hydrogen-bond acceptors (Lipinski definition) is 2. The van der Waals surface area contributed by atoms with Crippen molar-refractivity contribution in [2.45, 2.75) is 70.7 Å². The Morgan fingerprint density at radius 1 is 1.12 bits per heavy atom. The van der Waals surface area contributed by atoms with E-state index in [2.05, 4.69) is 41.5 Å². The second-order valence-electron chi connectivity index (χ2n) is 6.05. The van der Waals surface area contributed by atoms with E-state index in [4.69, 9.17) is 4.43 Å². The highest BCUT2D eigenvalue weighted by Gasteiger charge is 2.47. The number of nitrogens with zero attached hydrogens (tertiary/aromatic N) is 1. The predicted octanol–water partition coefficient (Wildman–Crippen LogP) is 3.53. The van der Waals surface area contributed by atoms with Gasteiger partial charge in [0.1, 0.15) is 6.10 Å². The van der Waals surface area contributed by atoms with Crippen molar-refractivity contribution in [3.63, 3.8) is 0 Å². The second-order valence-corrected chi connectivity index (χ2v) is 11.5. The average Bonchev–Trinajstić information content (AvgIpc) is 2.58. The van der Waals surface area contributed by atoms with Gasteiger partial charge in [0, 0.05) is 6.42 Å². The van der Waals surface area contributed by atoms with E-state index in [1.54, 1.807) is 6.21 Å². The van der Waals surface area contributed by atoms with Crippen LogP contribution >= 0.6 is 0 Å². The van der Waals surface area contributed by atoms with Gasteiger partial charge in [0.05, 0.1) is 0 Å². The van der Waals surface area contributed by atoms with Gasteiger partial charge in [-0.2, -0.15) is 0 Å². The van der Waals surface area contributed by atoms with E-state index in [1.165, 1.54) is 0 Å². The minimum absolute atomic E-state index is 0.0476. The molecule has 0 bridgehead atoms.